The Labute approximate surface area is 109 Å². The summed E-state index contributed by atoms with van der Waals surface area (Å²) < 4.78 is 30.7. The van der Waals surface area contributed by atoms with Gasteiger partial charge in [-0.25, -0.2) is 8.42 Å². The number of nitrogens with two attached hydrogens (primary N) is 1. The van der Waals surface area contributed by atoms with Crippen LogP contribution in [0.4, 0.5) is 5.69 Å². The molecule has 0 fully saturated rings. The van der Waals surface area contributed by atoms with Gasteiger partial charge in [0.05, 0.1) is 12.4 Å². The van der Waals surface area contributed by atoms with Crippen molar-refractivity contribution in [2.75, 3.05) is 26.5 Å². The predicted octanol–water partition coefficient (Wildman–Crippen LogP) is 1.07. The molecule has 0 radical (unpaired) electrons. The van der Waals surface area contributed by atoms with Crippen LogP contribution in [0.2, 0.25) is 0 Å². The van der Waals surface area contributed by atoms with Crippen molar-refractivity contribution >= 4 is 15.7 Å². The van der Waals surface area contributed by atoms with E-state index in [1.54, 1.807) is 45.3 Å². The maximum Gasteiger partial charge on any atom is 0.218 e. The summed E-state index contributed by atoms with van der Waals surface area (Å²) in [7, 11) is -0.282. The van der Waals surface area contributed by atoms with Gasteiger partial charge in [-0.1, -0.05) is 18.2 Å². The first-order chi connectivity index (χ1) is 8.38. The molecule has 0 spiro atoms. The van der Waals surface area contributed by atoms with Gasteiger partial charge < -0.3 is 10.5 Å². The summed E-state index contributed by atoms with van der Waals surface area (Å²) in [5, 5.41) is 0. The Morgan fingerprint density at radius 3 is 2.56 bits per heavy atom. The molecule has 5 nitrogen and oxygen atoms in total. The summed E-state index contributed by atoms with van der Waals surface area (Å²) in [5.74, 6) is -0.0930. The number of methoxy groups -OCH3 is 1. The molecule has 2 N–H and O–H groups in total. The molecule has 0 saturated carbocycles. The minimum atomic E-state index is -3.38. The number of nitrogen functional groups attached to an aromatic ring is 1. The molecule has 0 amide bonds. The van der Waals surface area contributed by atoms with E-state index >= 15 is 0 Å². The highest BCUT2D eigenvalue weighted by Crippen LogP contribution is 2.17. The predicted molar refractivity (Wildman–Crippen MR) is 72.6 cm³/mol. The van der Waals surface area contributed by atoms with Gasteiger partial charge in [-0.15, -0.1) is 0 Å². The second kappa shape index (κ2) is 6.17. The van der Waals surface area contributed by atoms with E-state index in [0.717, 1.165) is 0 Å². The van der Waals surface area contributed by atoms with Crippen molar-refractivity contribution in [1.82, 2.24) is 4.31 Å². The van der Waals surface area contributed by atoms with E-state index in [2.05, 4.69) is 0 Å². The van der Waals surface area contributed by atoms with Gasteiger partial charge in [-0.05, 0) is 18.6 Å². The minimum absolute atomic E-state index is 0.0930. The third-order valence-electron chi connectivity index (χ3n) is 2.86. The minimum Gasteiger partial charge on any atom is -0.398 e. The molecule has 102 valence electrons. The molecule has 6 heteroatoms. The van der Waals surface area contributed by atoms with Crippen LogP contribution in [-0.2, 0) is 20.5 Å². The molecular weight excluding hydrogens is 252 g/mol. The average molecular weight is 272 g/mol. The highest BCUT2D eigenvalue weighted by atomic mass is 32.2. The lowest BCUT2D eigenvalue weighted by Gasteiger charge is -2.23. The molecule has 0 bridgehead atoms. The van der Waals surface area contributed by atoms with Crippen LogP contribution in [0, 0.1) is 0 Å². The zero-order valence-corrected chi connectivity index (χ0v) is 11.8. The first-order valence-electron chi connectivity index (χ1n) is 5.66. The van der Waals surface area contributed by atoms with Crippen LogP contribution in [0.5, 0.6) is 0 Å². The van der Waals surface area contributed by atoms with Gasteiger partial charge >= 0.3 is 0 Å². The number of nitrogens with zero attached hydrogens (tertiary/aromatic N) is 1. The van der Waals surface area contributed by atoms with Gasteiger partial charge in [0.2, 0.25) is 10.0 Å². The second-order valence-electron chi connectivity index (χ2n) is 4.28. The number of hydrogen-bond donors (Lipinski definition) is 1. The SMILES string of the molecule is COCC(C)N(C)S(=O)(=O)Cc1ccccc1N. The smallest absolute Gasteiger partial charge is 0.218 e. The quantitative estimate of drug-likeness (QED) is 0.786. The van der Waals surface area contributed by atoms with Crippen molar-refractivity contribution in [2.24, 2.45) is 0 Å². The number of sulfonamides is 1. The topological polar surface area (TPSA) is 72.6 Å². The molecular formula is C12H20N2O3S. The van der Waals surface area contributed by atoms with Crippen molar-refractivity contribution in [3.05, 3.63) is 29.8 Å². The third kappa shape index (κ3) is 3.69. The van der Waals surface area contributed by atoms with Crippen molar-refractivity contribution in [3.8, 4) is 0 Å². The molecule has 0 aliphatic heterocycles. The van der Waals surface area contributed by atoms with Crippen molar-refractivity contribution < 1.29 is 13.2 Å². The average Bonchev–Trinajstić information content (AvgIpc) is 2.31. The molecule has 1 unspecified atom stereocenters. The van der Waals surface area contributed by atoms with E-state index in [9.17, 15) is 8.42 Å². The van der Waals surface area contributed by atoms with Crippen molar-refractivity contribution in [3.63, 3.8) is 0 Å². The first kappa shape index (κ1) is 14.9. The van der Waals surface area contributed by atoms with Crippen LogP contribution in [0.3, 0.4) is 0 Å². The van der Waals surface area contributed by atoms with Crippen LogP contribution in [0.1, 0.15) is 12.5 Å². The van der Waals surface area contributed by atoms with Gasteiger partial charge in [0, 0.05) is 25.9 Å². The zero-order valence-electron chi connectivity index (χ0n) is 11.0. The normalized spacial score (nSPS) is 13.8. The van der Waals surface area contributed by atoms with E-state index in [-0.39, 0.29) is 11.8 Å². The highest BCUT2D eigenvalue weighted by Gasteiger charge is 2.24. The number of hydrogen-bond acceptors (Lipinski definition) is 4. The molecule has 1 rings (SSSR count). The molecule has 0 aromatic heterocycles. The molecule has 18 heavy (non-hydrogen) atoms. The number of anilines is 1. The van der Waals surface area contributed by atoms with Gasteiger partial charge in [0.25, 0.3) is 0 Å². The Bertz CT molecular complexity index is 488. The number of ether oxygens (including phenoxy) is 1. The van der Waals surface area contributed by atoms with E-state index < -0.39 is 10.0 Å². The Morgan fingerprint density at radius 1 is 1.39 bits per heavy atom. The number of para-hydroxylation sites is 1. The van der Waals surface area contributed by atoms with Gasteiger partial charge in [0.1, 0.15) is 0 Å². The number of benzene rings is 1. The monoisotopic (exact) mass is 272 g/mol. The number of likely N-dealkylation sites (N-methyl/N-ethyl adjacent to an activating group) is 1. The summed E-state index contributed by atoms with van der Waals surface area (Å²) in [6.45, 7) is 2.16. The Hall–Kier alpha value is -1.11. The third-order valence-corrected chi connectivity index (χ3v) is 4.77. The van der Waals surface area contributed by atoms with Crippen LogP contribution < -0.4 is 5.73 Å². The van der Waals surface area contributed by atoms with E-state index in [1.165, 1.54) is 4.31 Å². The van der Waals surface area contributed by atoms with Crippen molar-refractivity contribution in [2.45, 2.75) is 18.7 Å². The van der Waals surface area contributed by atoms with Crippen LogP contribution in [0.15, 0.2) is 24.3 Å². The summed E-state index contributed by atoms with van der Waals surface area (Å²) in [6.07, 6.45) is 0. The maximum atomic E-state index is 12.2. The van der Waals surface area contributed by atoms with E-state index in [0.29, 0.717) is 17.9 Å². The fourth-order valence-electron chi connectivity index (χ4n) is 1.58. The largest absolute Gasteiger partial charge is 0.398 e. The Kier molecular flexibility index (Phi) is 5.13. The molecule has 0 aliphatic rings. The first-order valence-corrected chi connectivity index (χ1v) is 7.27. The van der Waals surface area contributed by atoms with Crippen LogP contribution in [-0.4, -0.2) is 39.5 Å². The molecule has 0 saturated heterocycles. The Morgan fingerprint density at radius 2 is 2.00 bits per heavy atom. The molecule has 1 atom stereocenters. The van der Waals surface area contributed by atoms with Crippen molar-refractivity contribution in [1.29, 1.82) is 0 Å². The fourth-order valence-corrected chi connectivity index (χ4v) is 3.05. The second-order valence-corrected chi connectivity index (χ2v) is 6.30. The molecule has 0 aliphatic carbocycles. The maximum absolute atomic E-state index is 12.2. The van der Waals surface area contributed by atoms with E-state index in [1.807, 2.05) is 0 Å². The van der Waals surface area contributed by atoms with Gasteiger partial charge in [-0.2, -0.15) is 4.31 Å². The lowest BCUT2D eigenvalue weighted by atomic mass is 10.2. The lowest BCUT2D eigenvalue weighted by molar-refractivity contribution is 0.149. The Balaban J connectivity index is 2.85. The highest BCUT2D eigenvalue weighted by molar-refractivity contribution is 7.88. The molecule has 1 aromatic rings. The summed E-state index contributed by atoms with van der Waals surface area (Å²) in [6, 6.07) is 6.78. The molecule has 1 aromatic carbocycles. The van der Waals surface area contributed by atoms with Crippen LogP contribution in [0.25, 0.3) is 0 Å². The number of rotatable bonds is 6. The molecule has 0 heterocycles. The van der Waals surface area contributed by atoms with Crippen LogP contribution >= 0.6 is 0 Å². The summed E-state index contributed by atoms with van der Waals surface area (Å²) in [5.41, 5.74) is 6.87. The zero-order chi connectivity index (χ0) is 13.8. The summed E-state index contributed by atoms with van der Waals surface area (Å²) >= 11 is 0. The standard InChI is InChI=1S/C12H20N2O3S/c1-10(8-17-3)14(2)18(15,16)9-11-6-4-5-7-12(11)13/h4-7,10H,8-9,13H2,1-3H3. The summed E-state index contributed by atoms with van der Waals surface area (Å²) in [4.78, 5) is 0. The van der Waals surface area contributed by atoms with Gasteiger partial charge in [-0.3, -0.25) is 0 Å². The van der Waals surface area contributed by atoms with E-state index in [4.69, 9.17) is 10.5 Å². The van der Waals surface area contributed by atoms with Gasteiger partial charge in [0.15, 0.2) is 0 Å². The lowest BCUT2D eigenvalue weighted by Crippen LogP contribution is -2.38. The fraction of sp³-hybridized carbons (Fsp3) is 0.500.